The maximum absolute atomic E-state index is 12.9. The van der Waals surface area contributed by atoms with Gasteiger partial charge in [-0.15, -0.1) is 0 Å². The lowest BCUT2D eigenvalue weighted by Crippen LogP contribution is -2.18. The number of benzene rings is 2. The van der Waals surface area contributed by atoms with E-state index in [9.17, 15) is 13.5 Å². The van der Waals surface area contributed by atoms with Crippen LogP contribution < -0.4 is 0 Å². The van der Waals surface area contributed by atoms with Crippen molar-refractivity contribution < 1.29 is 13.5 Å². The summed E-state index contributed by atoms with van der Waals surface area (Å²) in [5.41, 5.74) is 2.84. The monoisotopic (exact) mass is 374 g/mol. The van der Waals surface area contributed by atoms with Gasteiger partial charge in [0.25, 0.3) is 0 Å². The molecule has 0 atom stereocenters. The Morgan fingerprint density at radius 2 is 1.42 bits per heavy atom. The van der Waals surface area contributed by atoms with Gasteiger partial charge in [0.1, 0.15) is 5.75 Å². The van der Waals surface area contributed by atoms with Crippen LogP contribution in [0.5, 0.6) is 5.75 Å². The largest absolute Gasteiger partial charge is 0.507 e. The maximum Gasteiger partial charge on any atom is 0.182 e. The van der Waals surface area contributed by atoms with Crippen molar-refractivity contribution in [2.24, 2.45) is 0 Å². The Bertz CT molecular complexity index is 894. The summed E-state index contributed by atoms with van der Waals surface area (Å²) in [5.74, 6) is -0.129. The summed E-state index contributed by atoms with van der Waals surface area (Å²) in [4.78, 5) is 0.279. The Kier molecular flexibility index (Phi) is 5.31. The number of phenols is 1. The quantitative estimate of drug-likeness (QED) is 0.796. The Morgan fingerprint density at radius 1 is 0.885 bits per heavy atom. The molecule has 0 aliphatic rings. The van der Waals surface area contributed by atoms with E-state index in [1.165, 1.54) is 0 Å². The summed E-state index contributed by atoms with van der Waals surface area (Å²) in [6.07, 6.45) is 0. The van der Waals surface area contributed by atoms with Gasteiger partial charge in [-0.1, -0.05) is 71.4 Å². The molecule has 26 heavy (non-hydrogen) atoms. The highest BCUT2D eigenvalue weighted by atomic mass is 32.2. The molecule has 0 amide bonds. The van der Waals surface area contributed by atoms with Crippen LogP contribution in [0.15, 0.2) is 41.3 Å². The van der Waals surface area contributed by atoms with Crippen LogP contribution in [-0.2, 0) is 26.4 Å². The third-order valence-electron chi connectivity index (χ3n) is 4.59. The van der Waals surface area contributed by atoms with E-state index >= 15 is 0 Å². The van der Waals surface area contributed by atoms with Crippen molar-refractivity contribution in [1.82, 2.24) is 0 Å². The second kappa shape index (κ2) is 6.73. The molecule has 4 heteroatoms. The number of phenolic OH excluding ortho intramolecular Hbond substituents is 1. The summed E-state index contributed by atoms with van der Waals surface area (Å²) in [6.45, 7) is 14.2. The Balaban J connectivity index is 2.60. The molecule has 2 aromatic rings. The van der Waals surface area contributed by atoms with Crippen LogP contribution >= 0.6 is 0 Å². The van der Waals surface area contributed by atoms with Gasteiger partial charge in [-0.05, 0) is 41.0 Å². The molecule has 0 saturated heterocycles. The normalized spacial score (nSPS) is 13.0. The molecular weight excluding hydrogens is 344 g/mol. The first-order valence-corrected chi connectivity index (χ1v) is 10.5. The van der Waals surface area contributed by atoms with Crippen molar-refractivity contribution in [2.45, 2.75) is 69.9 Å². The van der Waals surface area contributed by atoms with Crippen LogP contribution in [0.4, 0.5) is 0 Å². The summed E-state index contributed by atoms with van der Waals surface area (Å²) in [6, 6.07) is 10.7. The second-order valence-electron chi connectivity index (χ2n) is 9.10. The lowest BCUT2D eigenvalue weighted by atomic mass is 9.79. The van der Waals surface area contributed by atoms with Crippen molar-refractivity contribution in [3.8, 4) is 5.75 Å². The third-order valence-corrected chi connectivity index (χ3v) is 6.27. The Hall–Kier alpha value is -1.81. The molecule has 0 fully saturated rings. The number of aromatic hydroxyl groups is 1. The molecule has 0 spiro atoms. The number of hydrogen-bond acceptors (Lipinski definition) is 3. The highest BCUT2D eigenvalue weighted by molar-refractivity contribution is 7.90. The highest BCUT2D eigenvalue weighted by Gasteiger charge is 2.27. The zero-order valence-electron chi connectivity index (χ0n) is 16.8. The summed E-state index contributed by atoms with van der Waals surface area (Å²) >= 11 is 0. The minimum absolute atomic E-state index is 0.0844. The Labute approximate surface area is 158 Å². The highest BCUT2D eigenvalue weighted by Crippen LogP contribution is 2.38. The van der Waals surface area contributed by atoms with Gasteiger partial charge in [0.05, 0.1) is 10.6 Å². The average Bonchev–Trinajstić information content (AvgIpc) is 2.47. The van der Waals surface area contributed by atoms with Crippen LogP contribution in [0, 0.1) is 6.92 Å². The van der Waals surface area contributed by atoms with Crippen molar-refractivity contribution in [1.29, 1.82) is 0 Å². The van der Waals surface area contributed by atoms with E-state index < -0.39 is 9.84 Å². The topological polar surface area (TPSA) is 54.4 Å². The fourth-order valence-electron chi connectivity index (χ4n) is 2.84. The lowest BCUT2D eigenvalue weighted by molar-refractivity contribution is 0.439. The van der Waals surface area contributed by atoms with Gasteiger partial charge >= 0.3 is 0 Å². The first-order valence-electron chi connectivity index (χ1n) is 8.88. The molecule has 3 nitrogen and oxygen atoms in total. The van der Waals surface area contributed by atoms with Crippen LogP contribution in [0.3, 0.4) is 0 Å². The van der Waals surface area contributed by atoms with E-state index in [1.54, 1.807) is 24.3 Å². The number of rotatable bonds is 3. The van der Waals surface area contributed by atoms with E-state index in [-0.39, 0.29) is 27.2 Å². The molecule has 2 rings (SSSR count). The molecule has 0 heterocycles. The smallest absolute Gasteiger partial charge is 0.182 e. The number of aryl methyl sites for hydroxylation is 1. The number of hydrogen-bond donors (Lipinski definition) is 1. The molecule has 2 aromatic carbocycles. The molecule has 0 bridgehead atoms. The zero-order valence-corrected chi connectivity index (χ0v) is 17.7. The van der Waals surface area contributed by atoms with Crippen LogP contribution in [0.2, 0.25) is 0 Å². The van der Waals surface area contributed by atoms with Gasteiger partial charge in [-0.25, -0.2) is 8.42 Å². The lowest BCUT2D eigenvalue weighted by Gasteiger charge is -2.27. The zero-order chi connectivity index (χ0) is 19.9. The predicted octanol–water partition coefficient (Wildman–Crippen LogP) is 5.27. The first-order chi connectivity index (χ1) is 11.7. The molecule has 0 unspecified atom stereocenters. The molecule has 0 aromatic heterocycles. The van der Waals surface area contributed by atoms with Crippen LogP contribution in [0.1, 0.15) is 63.8 Å². The minimum atomic E-state index is -3.54. The van der Waals surface area contributed by atoms with Crippen LogP contribution in [0.25, 0.3) is 0 Å². The van der Waals surface area contributed by atoms with E-state index in [0.29, 0.717) is 5.56 Å². The molecule has 0 aliphatic heterocycles. The molecule has 1 N–H and O–H groups in total. The van der Waals surface area contributed by atoms with E-state index in [0.717, 1.165) is 16.7 Å². The summed E-state index contributed by atoms with van der Waals surface area (Å²) in [7, 11) is -3.54. The van der Waals surface area contributed by atoms with Crippen molar-refractivity contribution in [3.63, 3.8) is 0 Å². The van der Waals surface area contributed by atoms with Crippen molar-refractivity contribution in [3.05, 3.63) is 58.7 Å². The minimum Gasteiger partial charge on any atom is -0.507 e. The van der Waals surface area contributed by atoms with Crippen molar-refractivity contribution >= 4 is 9.84 Å². The van der Waals surface area contributed by atoms with Gasteiger partial charge in [0.15, 0.2) is 9.84 Å². The molecule has 0 aliphatic carbocycles. The number of sulfone groups is 1. The predicted molar refractivity (Wildman–Crippen MR) is 108 cm³/mol. The van der Waals surface area contributed by atoms with Crippen LogP contribution in [-0.4, -0.2) is 13.5 Å². The van der Waals surface area contributed by atoms with Gasteiger partial charge in [0, 0.05) is 5.56 Å². The Morgan fingerprint density at radius 3 is 1.88 bits per heavy atom. The van der Waals surface area contributed by atoms with Crippen molar-refractivity contribution in [2.75, 3.05) is 0 Å². The van der Waals surface area contributed by atoms with Gasteiger partial charge in [0.2, 0.25) is 0 Å². The maximum atomic E-state index is 12.9. The molecule has 0 radical (unpaired) electrons. The standard InChI is InChI=1S/C22H30O3S/c1-15-8-10-18(11-9-15)26(24,25)14-16-12-17(21(2,3)4)13-19(20(16)23)22(5,6)7/h8-13,23H,14H2,1-7H3. The van der Waals surface area contributed by atoms with E-state index in [1.807, 2.05) is 39.8 Å². The molecular formula is C22H30O3S. The average molecular weight is 375 g/mol. The fraction of sp³-hybridized carbons (Fsp3) is 0.455. The van der Waals surface area contributed by atoms with E-state index in [2.05, 4.69) is 20.8 Å². The third kappa shape index (κ3) is 4.47. The van der Waals surface area contributed by atoms with Gasteiger partial charge in [-0.2, -0.15) is 0 Å². The van der Waals surface area contributed by atoms with Gasteiger partial charge < -0.3 is 5.11 Å². The SMILES string of the molecule is Cc1ccc(S(=O)(=O)Cc2cc(C(C)(C)C)cc(C(C)(C)C)c2O)cc1. The van der Waals surface area contributed by atoms with E-state index in [4.69, 9.17) is 0 Å². The fourth-order valence-corrected chi connectivity index (χ4v) is 4.19. The van der Waals surface area contributed by atoms with Gasteiger partial charge in [-0.3, -0.25) is 0 Å². The summed E-state index contributed by atoms with van der Waals surface area (Å²) < 4.78 is 25.8. The molecule has 0 saturated carbocycles. The summed E-state index contributed by atoms with van der Waals surface area (Å²) in [5, 5.41) is 10.8. The first kappa shape index (κ1) is 20.5. The molecule has 142 valence electrons. The second-order valence-corrected chi connectivity index (χ2v) is 11.1.